The van der Waals surface area contributed by atoms with E-state index in [9.17, 15) is 4.79 Å². The van der Waals surface area contributed by atoms with Crippen molar-refractivity contribution in [3.63, 3.8) is 0 Å². The van der Waals surface area contributed by atoms with Crippen LogP contribution in [-0.4, -0.2) is 12.6 Å². The van der Waals surface area contributed by atoms with Gasteiger partial charge in [-0.05, 0) is 6.07 Å². The van der Waals surface area contributed by atoms with Gasteiger partial charge in [0.05, 0.1) is 15.1 Å². The molecule has 2 N–H and O–H groups in total. The van der Waals surface area contributed by atoms with Gasteiger partial charge >= 0.3 is 5.97 Å². The molecule has 0 aromatic heterocycles. The molecule has 4 nitrogen and oxygen atoms in total. The van der Waals surface area contributed by atoms with Crippen LogP contribution >= 0.6 is 34.8 Å². The fraction of sp³-hybridized carbons (Fsp3) is 0.125. The second kappa shape index (κ2) is 5.42. The van der Waals surface area contributed by atoms with Gasteiger partial charge in [0.15, 0.2) is 6.61 Å². The summed E-state index contributed by atoms with van der Waals surface area (Å²) in [6.45, 7) is -0.353. The van der Waals surface area contributed by atoms with E-state index in [4.69, 9.17) is 39.5 Å². The number of benzene rings is 1. The molecule has 0 amide bonds. The van der Waals surface area contributed by atoms with Crippen molar-refractivity contribution in [3.05, 3.63) is 27.2 Å². The molecule has 82 valence electrons. The van der Waals surface area contributed by atoms with Gasteiger partial charge in [-0.2, -0.15) is 5.90 Å². The van der Waals surface area contributed by atoms with Gasteiger partial charge in [0.25, 0.3) is 0 Å². The van der Waals surface area contributed by atoms with Crippen LogP contribution in [-0.2, 0) is 9.63 Å². The van der Waals surface area contributed by atoms with Crippen LogP contribution in [0.5, 0.6) is 5.75 Å². The molecule has 7 heteroatoms. The standard InChI is InChI=1S/C8H6Cl3NO3/c9-4-1-6(11)7(2-5(4)10)14-3-8(13)15-12/h1-2H,3,12H2. The monoisotopic (exact) mass is 269 g/mol. The number of nitrogens with two attached hydrogens (primary N) is 1. The summed E-state index contributed by atoms with van der Waals surface area (Å²) < 4.78 is 5.00. The van der Waals surface area contributed by atoms with Crippen LogP contribution in [0.15, 0.2) is 12.1 Å². The predicted molar refractivity (Wildman–Crippen MR) is 57.2 cm³/mol. The number of hydrogen-bond acceptors (Lipinski definition) is 4. The van der Waals surface area contributed by atoms with E-state index in [2.05, 4.69) is 10.7 Å². The Morgan fingerprint density at radius 1 is 1.20 bits per heavy atom. The lowest BCUT2D eigenvalue weighted by molar-refractivity contribution is -0.146. The van der Waals surface area contributed by atoms with E-state index in [0.717, 1.165) is 0 Å². The van der Waals surface area contributed by atoms with Crippen molar-refractivity contribution in [1.29, 1.82) is 0 Å². The Bertz CT molecular complexity index is 384. The quantitative estimate of drug-likeness (QED) is 0.677. The SMILES string of the molecule is NOC(=O)COc1cc(Cl)c(Cl)cc1Cl. The van der Waals surface area contributed by atoms with E-state index in [1.54, 1.807) is 0 Å². The molecule has 0 atom stereocenters. The van der Waals surface area contributed by atoms with Crippen molar-refractivity contribution < 1.29 is 14.4 Å². The third kappa shape index (κ3) is 3.43. The summed E-state index contributed by atoms with van der Waals surface area (Å²) in [6, 6.07) is 2.81. The maximum Gasteiger partial charge on any atom is 0.362 e. The zero-order valence-electron chi connectivity index (χ0n) is 7.30. The maximum atomic E-state index is 10.7. The first kappa shape index (κ1) is 12.4. The number of rotatable bonds is 3. The molecule has 0 fully saturated rings. The van der Waals surface area contributed by atoms with Crippen LogP contribution in [0.4, 0.5) is 0 Å². The van der Waals surface area contributed by atoms with E-state index >= 15 is 0 Å². The van der Waals surface area contributed by atoms with Gasteiger partial charge < -0.3 is 9.57 Å². The molecule has 15 heavy (non-hydrogen) atoms. The lowest BCUT2D eigenvalue weighted by Gasteiger charge is -2.07. The average molecular weight is 270 g/mol. The Kier molecular flexibility index (Phi) is 4.47. The molecule has 0 radical (unpaired) electrons. The number of ether oxygens (including phenoxy) is 1. The lowest BCUT2D eigenvalue weighted by atomic mass is 10.3. The molecule has 0 saturated carbocycles. The second-order valence-corrected chi connectivity index (χ2v) is 3.70. The molecule has 1 aromatic carbocycles. The normalized spacial score (nSPS) is 9.87. The zero-order chi connectivity index (χ0) is 11.4. The minimum absolute atomic E-state index is 0.233. The third-order valence-corrected chi connectivity index (χ3v) is 2.47. The van der Waals surface area contributed by atoms with Gasteiger partial charge in [-0.3, -0.25) is 0 Å². The van der Waals surface area contributed by atoms with Gasteiger partial charge in [0.1, 0.15) is 5.75 Å². The van der Waals surface area contributed by atoms with Crippen molar-refractivity contribution in [2.24, 2.45) is 5.90 Å². The lowest BCUT2D eigenvalue weighted by Crippen LogP contribution is -2.18. The summed E-state index contributed by atoms with van der Waals surface area (Å²) in [4.78, 5) is 14.6. The molecule has 0 heterocycles. The first-order valence-corrected chi connectivity index (χ1v) is 4.85. The van der Waals surface area contributed by atoms with Crippen molar-refractivity contribution in [3.8, 4) is 5.75 Å². The molecule has 0 aliphatic rings. The van der Waals surface area contributed by atoms with Crippen LogP contribution in [0.2, 0.25) is 15.1 Å². The minimum atomic E-state index is -0.725. The highest BCUT2D eigenvalue weighted by atomic mass is 35.5. The summed E-state index contributed by atoms with van der Waals surface area (Å²) >= 11 is 17.2. The minimum Gasteiger partial charge on any atom is -0.480 e. The average Bonchev–Trinajstić information content (AvgIpc) is 2.21. The van der Waals surface area contributed by atoms with Crippen molar-refractivity contribution >= 4 is 40.8 Å². The fourth-order valence-electron chi connectivity index (χ4n) is 0.786. The number of carbonyl (C=O) groups is 1. The predicted octanol–water partition coefficient (Wildman–Crippen LogP) is 2.44. The summed E-state index contributed by atoms with van der Waals surface area (Å²) in [6.07, 6.45) is 0. The van der Waals surface area contributed by atoms with Gasteiger partial charge in [-0.1, -0.05) is 34.8 Å². The van der Waals surface area contributed by atoms with Crippen molar-refractivity contribution in [1.82, 2.24) is 0 Å². The third-order valence-electron chi connectivity index (χ3n) is 1.45. The van der Waals surface area contributed by atoms with E-state index < -0.39 is 5.97 Å². The molecule has 1 rings (SSSR count). The first-order valence-electron chi connectivity index (χ1n) is 3.71. The zero-order valence-corrected chi connectivity index (χ0v) is 9.57. The fourth-order valence-corrected chi connectivity index (χ4v) is 1.38. The maximum absolute atomic E-state index is 10.7. The number of carbonyl (C=O) groups excluding carboxylic acids is 1. The van der Waals surface area contributed by atoms with Crippen LogP contribution in [0.1, 0.15) is 0 Å². The summed E-state index contributed by atoms with van der Waals surface area (Å²) in [7, 11) is 0. The van der Waals surface area contributed by atoms with E-state index in [0.29, 0.717) is 5.02 Å². The molecule has 1 aromatic rings. The van der Waals surface area contributed by atoms with Gasteiger partial charge in [-0.25, -0.2) is 4.79 Å². The summed E-state index contributed by atoms with van der Waals surface area (Å²) in [5.41, 5.74) is 0. The van der Waals surface area contributed by atoms with E-state index in [-0.39, 0.29) is 22.4 Å². The Balaban J connectivity index is 2.77. The molecule has 0 aliphatic carbocycles. The topological polar surface area (TPSA) is 61.5 Å². The smallest absolute Gasteiger partial charge is 0.362 e. The van der Waals surface area contributed by atoms with Crippen LogP contribution in [0.25, 0.3) is 0 Å². The molecular formula is C8H6Cl3NO3. The van der Waals surface area contributed by atoms with Gasteiger partial charge in [0, 0.05) is 6.07 Å². The first-order chi connectivity index (χ1) is 7.04. The summed E-state index contributed by atoms with van der Waals surface area (Å²) in [5, 5.41) is 0.821. The molecule has 0 aliphatic heterocycles. The largest absolute Gasteiger partial charge is 0.480 e. The Hall–Kier alpha value is -0.680. The number of halogens is 3. The van der Waals surface area contributed by atoms with Crippen LogP contribution < -0.4 is 10.6 Å². The Morgan fingerprint density at radius 3 is 2.40 bits per heavy atom. The molecule has 0 saturated heterocycles. The molecule has 0 bridgehead atoms. The van der Waals surface area contributed by atoms with Crippen LogP contribution in [0, 0.1) is 0 Å². The highest BCUT2D eigenvalue weighted by Crippen LogP contribution is 2.33. The molecule has 0 unspecified atom stereocenters. The van der Waals surface area contributed by atoms with E-state index in [1.807, 2.05) is 0 Å². The Morgan fingerprint density at radius 2 is 1.80 bits per heavy atom. The van der Waals surface area contributed by atoms with Crippen LogP contribution in [0.3, 0.4) is 0 Å². The summed E-state index contributed by atoms with van der Waals surface area (Å²) in [5.74, 6) is 4.13. The van der Waals surface area contributed by atoms with Crippen molar-refractivity contribution in [2.45, 2.75) is 0 Å². The van der Waals surface area contributed by atoms with Gasteiger partial charge in [0.2, 0.25) is 0 Å². The van der Waals surface area contributed by atoms with E-state index in [1.165, 1.54) is 12.1 Å². The molecular weight excluding hydrogens is 264 g/mol. The Labute approximate surface area is 101 Å². The second-order valence-electron chi connectivity index (χ2n) is 2.48. The number of hydrogen-bond donors (Lipinski definition) is 1. The van der Waals surface area contributed by atoms with Crippen molar-refractivity contribution in [2.75, 3.05) is 6.61 Å². The van der Waals surface area contributed by atoms with Gasteiger partial charge in [-0.15, -0.1) is 0 Å². The molecule has 0 spiro atoms. The highest BCUT2D eigenvalue weighted by Gasteiger charge is 2.09. The highest BCUT2D eigenvalue weighted by molar-refractivity contribution is 6.43.